The van der Waals surface area contributed by atoms with Crippen molar-refractivity contribution in [2.45, 2.75) is 62.8 Å². The fourth-order valence-corrected chi connectivity index (χ4v) is 8.39. The average Bonchev–Trinajstić information content (AvgIpc) is 3.52. The molecule has 0 radical (unpaired) electrons. The van der Waals surface area contributed by atoms with E-state index in [-0.39, 0.29) is 62.8 Å². The molecule has 0 unspecified atom stereocenters. The zero-order chi connectivity index (χ0) is 31.1. The monoisotopic (exact) mass is 623 g/mol. The number of piperidine rings is 1. The van der Waals surface area contributed by atoms with Gasteiger partial charge in [0.15, 0.2) is 11.6 Å². The van der Waals surface area contributed by atoms with Crippen molar-refractivity contribution in [2.75, 3.05) is 37.7 Å². The predicted octanol–water partition coefficient (Wildman–Crippen LogP) is 5.66. The molecule has 2 aromatic carbocycles. The SMILES string of the molecule is Oc1cc(-c2cc3nc(OC[C@@]45CCCN4C[C@H](F)C5)nc(N4CCCC5(CC(O)C5)C4)c3c(F)n2)c2c(F)c(F)ccc2c1. The molecule has 1 aliphatic carbocycles. The van der Waals surface area contributed by atoms with E-state index in [1.54, 1.807) is 0 Å². The molecule has 2 N–H and O–H groups in total. The number of phenols is 1. The number of aromatic hydroxyl groups is 1. The minimum Gasteiger partial charge on any atom is -0.508 e. The normalized spacial score (nSPS) is 28.2. The van der Waals surface area contributed by atoms with Crippen LogP contribution in [-0.4, -0.2) is 80.7 Å². The topological polar surface area (TPSA) is 94.8 Å². The van der Waals surface area contributed by atoms with Crippen molar-refractivity contribution in [3.63, 3.8) is 0 Å². The Hall–Kier alpha value is -3.77. The van der Waals surface area contributed by atoms with E-state index in [2.05, 4.69) is 14.9 Å². The number of aliphatic hydroxyl groups is 1. The van der Waals surface area contributed by atoms with Crippen molar-refractivity contribution < 1.29 is 32.5 Å². The number of halogens is 4. The highest BCUT2D eigenvalue weighted by Crippen LogP contribution is 2.49. The van der Waals surface area contributed by atoms with Gasteiger partial charge in [-0.15, -0.1) is 0 Å². The summed E-state index contributed by atoms with van der Waals surface area (Å²) in [6.07, 6.45) is 3.91. The molecule has 0 bridgehead atoms. The number of alkyl halides is 1. The second-order valence-electron chi connectivity index (χ2n) is 13.4. The van der Waals surface area contributed by atoms with E-state index in [1.807, 2.05) is 4.90 Å². The summed E-state index contributed by atoms with van der Waals surface area (Å²) in [5.74, 6) is -3.04. The molecule has 4 aromatic rings. The minimum absolute atomic E-state index is 0.00356. The minimum atomic E-state index is -1.14. The highest BCUT2D eigenvalue weighted by molar-refractivity contribution is 6.00. The second kappa shape index (κ2) is 10.4. The Kier molecular flexibility index (Phi) is 6.62. The zero-order valence-electron chi connectivity index (χ0n) is 24.6. The maximum absolute atomic E-state index is 16.2. The number of aromatic nitrogens is 3. The highest BCUT2D eigenvalue weighted by Gasteiger charge is 2.50. The van der Waals surface area contributed by atoms with Crippen molar-refractivity contribution in [3.8, 4) is 23.0 Å². The lowest BCUT2D eigenvalue weighted by Crippen LogP contribution is -2.52. The van der Waals surface area contributed by atoms with Gasteiger partial charge in [0.05, 0.1) is 28.2 Å². The number of pyridine rings is 1. The quantitative estimate of drug-likeness (QED) is 0.217. The standard InChI is InChI=1S/C33H33F4N5O3/c34-19-12-33(6-2-8-42(33)15-19)17-45-31-39-25-11-24(22-10-20(43)9-18-3-4-23(35)28(36)26(18)22)38-29(37)27(25)30(40-31)41-7-1-5-32(16-41)13-21(44)14-32/h3-4,9-11,19,21,43-44H,1-2,5-8,12-17H2/t19-,21?,32?,33+/m1/s1. The zero-order valence-corrected chi connectivity index (χ0v) is 24.6. The molecule has 3 aliphatic heterocycles. The van der Waals surface area contributed by atoms with Crippen LogP contribution in [0, 0.1) is 23.0 Å². The summed E-state index contributed by atoms with van der Waals surface area (Å²) >= 11 is 0. The summed E-state index contributed by atoms with van der Waals surface area (Å²) < 4.78 is 66.3. The number of ether oxygens (including phenoxy) is 1. The lowest BCUT2D eigenvalue weighted by atomic mass is 9.62. The van der Waals surface area contributed by atoms with Gasteiger partial charge in [-0.1, -0.05) is 6.07 Å². The third-order valence-corrected chi connectivity index (χ3v) is 10.4. The first-order valence-electron chi connectivity index (χ1n) is 15.6. The molecule has 3 saturated heterocycles. The van der Waals surface area contributed by atoms with Crippen molar-refractivity contribution in [1.82, 2.24) is 19.9 Å². The molecule has 8 rings (SSSR count). The Labute approximate surface area is 256 Å². The summed E-state index contributed by atoms with van der Waals surface area (Å²) in [6, 6.07) is 6.28. The van der Waals surface area contributed by atoms with Gasteiger partial charge >= 0.3 is 6.01 Å². The van der Waals surface area contributed by atoms with Crippen LogP contribution in [0.15, 0.2) is 30.3 Å². The van der Waals surface area contributed by atoms with Gasteiger partial charge in [0.25, 0.3) is 0 Å². The molecular formula is C33H33F4N5O3. The van der Waals surface area contributed by atoms with Gasteiger partial charge in [-0.3, -0.25) is 4.90 Å². The first-order chi connectivity index (χ1) is 21.6. The Balaban J connectivity index is 1.25. The first kappa shape index (κ1) is 28.7. The smallest absolute Gasteiger partial charge is 0.319 e. The summed E-state index contributed by atoms with van der Waals surface area (Å²) in [5, 5.41) is 20.6. The summed E-state index contributed by atoms with van der Waals surface area (Å²) in [5.41, 5.74) is -0.437. The van der Waals surface area contributed by atoms with Crippen LogP contribution >= 0.6 is 0 Å². The van der Waals surface area contributed by atoms with Crippen LogP contribution in [0.25, 0.3) is 32.9 Å². The van der Waals surface area contributed by atoms with Gasteiger partial charge in [0.1, 0.15) is 24.3 Å². The maximum Gasteiger partial charge on any atom is 0.319 e. The molecule has 8 nitrogen and oxygen atoms in total. The van der Waals surface area contributed by atoms with Gasteiger partial charge in [-0.2, -0.15) is 14.4 Å². The molecule has 5 heterocycles. The van der Waals surface area contributed by atoms with E-state index in [0.717, 1.165) is 38.3 Å². The van der Waals surface area contributed by atoms with E-state index < -0.39 is 29.3 Å². The fourth-order valence-electron chi connectivity index (χ4n) is 8.39. The highest BCUT2D eigenvalue weighted by atomic mass is 19.2. The number of anilines is 1. The third kappa shape index (κ3) is 4.75. The Bertz CT molecular complexity index is 1830. The van der Waals surface area contributed by atoms with E-state index in [9.17, 15) is 19.0 Å². The van der Waals surface area contributed by atoms with Gasteiger partial charge in [0.2, 0.25) is 5.95 Å². The van der Waals surface area contributed by atoms with Crippen molar-refractivity contribution in [2.24, 2.45) is 5.41 Å². The number of aliphatic hydroxyl groups excluding tert-OH is 1. The van der Waals surface area contributed by atoms with E-state index in [1.165, 1.54) is 24.3 Å². The molecule has 4 fully saturated rings. The maximum atomic E-state index is 16.2. The third-order valence-electron chi connectivity index (χ3n) is 10.4. The van der Waals surface area contributed by atoms with Crippen LogP contribution in [0.3, 0.4) is 0 Å². The lowest BCUT2D eigenvalue weighted by molar-refractivity contribution is -0.0396. The van der Waals surface area contributed by atoms with E-state index in [4.69, 9.17) is 9.72 Å². The molecular weight excluding hydrogens is 590 g/mol. The van der Waals surface area contributed by atoms with Crippen LogP contribution < -0.4 is 9.64 Å². The molecule has 236 valence electrons. The number of nitrogens with zero attached hydrogens (tertiary/aromatic N) is 5. The predicted molar refractivity (Wildman–Crippen MR) is 159 cm³/mol. The number of hydrogen-bond acceptors (Lipinski definition) is 8. The number of phenolic OH excluding ortho intramolecular Hbond substituents is 1. The van der Waals surface area contributed by atoms with Crippen molar-refractivity contribution in [1.29, 1.82) is 0 Å². The number of benzene rings is 2. The molecule has 1 saturated carbocycles. The molecule has 4 aliphatic rings. The number of hydrogen-bond donors (Lipinski definition) is 2. The average molecular weight is 624 g/mol. The first-order valence-corrected chi connectivity index (χ1v) is 15.6. The Morgan fingerprint density at radius 2 is 1.78 bits per heavy atom. The molecule has 2 aromatic heterocycles. The fraction of sp³-hybridized carbons (Fsp3) is 0.485. The van der Waals surface area contributed by atoms with Crippen LogP contribution in [0.1, 0.15) is 44.9 Å². The molecule has 2 atom stereocenters. The Morgan fingerprint density at radius 1 is 0.956 bits per heavy atom. The van der Waals surface area contributed by atoms with Gasteiger partial charge in [-0.25, -0.2) is 18.2 Å². The van der Waals surface area contributed by atoms with Gasteiger partial charge in [0, 0.05) is 37.0 Å². The number of rotatable bonds is 5. The summed E-state index contributed by atoms with van der Waals surface area (Å²) in [6.45, 7) is 2.51. The Morgan fingerprint density at radius 3 is 2.60 bits per heavy atom. The van der Waals surface area contributed by atoms with Crippen LogP contribution in [0.5, 0.6) is 11.8 Å². The van der Waals surface area contributed by atoms with E-state index >= 15 is 8.78 Å². The van der Waals surface area contributed by atoms with Crippen molar-refractivity contribution >= 4 is 27.5 Å². The largest absolute Gasteiger partial charge is 0.508 e. The molecule has 1 spiro atoms. The molecule has 45 heavy (non-hydrogen) atoms. The van der Waals surface area contributed by atoms with Gasteiger partial charge in [-0.05, 0) is 80.1 Å². The molecule has 0 amide bonds. The van der Waals surface area contributed by atoms with Crippen molar-refractivity contribution in [3.05, 3.63) is 47.9 Å². The van der Waals surface area contributed by atoms with Gasteiger partial charge < -0.3 is 19.8 Å². The van der Waals surface area contributed by atoms with Crippen LogP contribution in [0.2, 0.25) is 0 Å². The van der Waals surface area contributed by atoms with Crippen LogP contribution in [-0.2, 0) is 0 Å². The summed E-state index contributed by atoms with van der Waals surface area (Å²) in [4.78, 5) is 17.5. The summed E-state index contributed by atoms with van der Waals surface area (Å²) in [7, 11) is 0. The molecule has 12 heteroatoms. The second-order valence-corrected chi connectivity index (χ2v) is 13.4. The number of fused-ring (bicyclic) bond motifs is 3. The lowest BCUT2D eigenvalue weighted by Gasteiger charge is -2.51. The van der Waals surface area contributed by atoms with E-state index in [0.29, 0.717) is 44.7 Å². The van der Waals surface area contributed by atoms with Crippen LogP contribution in [0.4, 0.5) is 23.4 Å².